The highest BCUT2D eigenvalue weighted by atomic mass is 16.1. The number of benzene rings is 1. The van der Waals surface area contributed by atoms with Gasteiger partial charge < -0.3 is 15.5 Å². The summed E-state index contributed by atoms with van der Waals surface area (Å²) >= 11 is 0. The van der Waals surface area contributed by atoms with Crippen LogP contribution in [0.2, 0.25) is 0 Å². The van der Waals surface area contributed by atoms with Crippen molar-refractivity contribution >= 4 is 17.2 Å². The van der Waals surface area contributed by atoms with E-state index in [2.05, 4.69) is 21.9 Å². The first-order valence-corrected chi connectivity index (χ1v) is 10.6. The lowest BCUT2D eigenvalue weighted by Gasteiger charge is -2.38. The summed E-state index contributed by atoms with van der Waals surface area (Å²) in [5.41, 5.74) is 7.82. The van der Waals surface area contributed by atoms with Crippen molar-refractivity contribution in [3.05, 3.63) is 24.3 Å². The van der Waals surface area contributed by atoms with E-state index in [4.69, 9.17) is 5.73 Å². The molecule has 0 radical (unpaired) electrons. The molecule has 0 unspecified atom stereocenters. The molecule has 1 aliphatic carbocycles. The van der Waals surface area contributed by atoms with Crippen LogP contribution >= 0.6 is 0 Å². The molecule has 26 heavy (non-hydrogen) atoms. The fourth-order valence-electron chi connectivity index (χ4n) is 5.26. The van der Waals surface area contributed by atoms with Gasteiger partial charge in [-0.2, -0.15) is 0 Å². The van der Waals surface area contributed by atoms with Crippen LogP contribution in [0.15, 0.2) is 24.3 Å². The van der Waals surface area contributed by atoms with Gasteiger partial charge in [0.05, 0.1) is 0 Å². The minimum atomic E-state index is 0.281. The second kappa shape index (κ2) is 7.99. The number of likely N-dealkylation sites (tertiary alicyclic amines) is 1. The molecule has 3 fully saturated rings. The number of nitrogens with two attached hydrogens (primary N) is 1. The molecule has 2 N–H and O–H groups in total. The highest BCUT2D eigenvalue weighted by Gasteiger charge is 2.34. The number of hydrogen-bond donors (Lipinski definition) is 1. The fourth-order valence-corrected chi connectivity index (χ4v) is 5.26. The van der Waals surface area contributed by atoms with Crippen molar-refractivity contribution in [3.8, 4) is 0 Å². The monoisotopic (exact) mass is 355 g/mol. The molecule has 0 amide bonds. The molecule has 0 atom stereocenters. The maximum absolute atomic E-state index is 13.0. The van der Waals surface area contributed by atoms with Gasteiger partial charge in [-0.1, -0.05) is 12.8 Å². The topological polar surface area (TPSA) is 49.6 Å². The number of hydrogen-bond acceptors (Lipinski definition) is 4. The largest absolute Gasteiger partial charge is 0.399 e. The molecule has 3 aliphatic rings. The van der Waals surface area contributed by atoms with Gasteiger partial charge in [0.1, 0.15) is 5.78 Å². The van der Waals surface area contributed by atoms with Gasteiger partial charge in [0.2, 0.25) is 0 Å². The molecule has 2 heterocycles. The van der Waals surface area contributed by atoms with Crippen LogP contribution in [0.5, 0.6) is 0 Å². The molecule has 4 heteroatoms. The fraction of sp³-hybridized carbons (Fsp3) is 0.682. The number of nitrogen functional groups attached to an aromatic ring is 1. The van der Waals surface area contributed by atoms with E-state index in [-0.39, 0.29) is 5.92 Å². The van der Waals surface area contributed by atoms with Crippen LogP contribution in [0, 0.1) is 11.8 Å². The minimum Gasteiger partial charge on any atom is -0.399 e. The van der Waals surface area contributed by atoms with E-state index in [9.17, 15) is 4.79 Å². The zero-order valence-electron chi connectivity index (χ0n) is 15.9. The lowest BCUT2D eigenvalue weighted by atomic mass is 9.81. The quantitative estimate of drug-likeness (QED) is 0.837. The Labute approximate surface area is 157 Å². The lowest BCUT2D eigenvalue weighted by molar-refractivity contribution is -0.129. The first kappa shape index (κ1) is 17.8. The molecular weight excluding hydrogens is 322 g/mol. The number of ketones is 1. The number of Topliss-reactive ketones (excluding diaryl/α,β-unsaturated/α-hetero) is 1. The van der Waals surface area contributed by atoms with Gasteiger partial charge in [-0.15, -0.1) is 0 Å². The van der Waals surface area contributed by atoms with E-state index in [1.54, 1.807) is 0 Å². The number of nitrogens with zero attached hydrogens (tertiary/aromatic N) is 2. The molecule has 2 saturated heterocycles. The summed E-state index contributed by atoms with van der Waals surface area (Å²) in [4.78, 5) is 18.1. The third kappa shape index (κ3) is 3.90. The Bertz CT molecular complexity index is 592. The van der Waals surface area contributed by atoms with Gasteiger partial charge in [0, 0.05) is 42.3 Å². The van der Waals surface area contributed by atoms with Crippen LogP contribution in [0.25, 0.3) is 0 Å². The van der Waals surface area contributed by atoms with Crippen molar-refractivity contribution in [1.29, 1.82) is 0 Å². The van der Waals surface area contributed by atoms with Crippen molar-refractivity contribution in [1.82, 2.24) is 4.90 Å². The first-order valence-electron chi connectivity index (χ1n) is 10.6. The maximum Gasteiger partial charge on any atom is 0.139 e. The zero-order chi connectivity index (χ0) is 17.9. The van der Waals surface area contributed by atoms with Crippen LogP contribution in [0.3, 0.4) is 0 Å². The van der Waals surface area contributed by atoms with E-state index in [1.807, 2.05) is 12.1 Å². The lowest BCUT2D eigenvalue weighted by Crippen LogP contribution is -2.44. The normalized spacial score (nSPS) is 24.2. The van der Waals surface area contributed by atoms with Crippen molar-refractivity contribution in [2.45, 2.75) is 57.4 Å². The van der Waals surface area contributed by atoms with Gasteiger partial charge in [-0.05, 0) is 75.9 Å². The van der Waals surface area contributed by atoms with Crippen molar-refractivity contribution in [2.24, 2.45) is 11.8 Å². The molecule has 142 valence electrons. The molecule has 1 saturated carbocycles. The number of piperidine rings is 2. The van der Waals surface area contributed by atoms with Gasteiger partial charge in [-0.3, -0.25) is 4.79 Å². The summed E-state index contributed by atoms with van der Waals surface area (Å²) in [6.45, 7) is 4.26. The van der Waals surface area contributed by atoms with Crippen molar-refractivity contribution in [3.63, 3.8) is 0 Å². The number of carbonyl (C=O) groups excluding carboxylic acids is 1. The van der Waals surface area contributed by atoms with Gasteiger partial charge in [-0.25, -0.2) is 0 Å². The Hall–Kier alpha value is -1.55. The molecule has 0 spiro atoms. The molecule has 1 aromatic carbocycles. The summed E-state index contributed by atoms with van der Waals surface area (Å²) in [6.07, 6.45) is 9.75. The summed E-state index contributed by atoms with van der Waals surface area (Å²) in [6, 6.07) is 8.93. The van der Waals surface area contributed by atoms with Crippen LogP contribution < -0.4 is 10.6 Å². The zero-order valence-corrected chi connectivity index (χ0v) is 15.9. The predicted molar refractivity (Wildman–Crippen MR) is 107 cm³/mol. The number of anilines is 2. The molecule has 4 nitrogen and oxygen atoms in total. The minimum absolute atomic E-state index is 0.281. The number of carbonyl (C=O) groups is 1. The molecule has 1 aromatic rings. The van der Waals surface area contributed by atoms with E-state index in [0.29, 0.717) is 11.7 Å². The summed E-state index contributed by atoms with van der Waals surface area (Å²) in [5, 5.41) is 0. The molecule has 0 aromatic heterocycles. The Kier molecular flexibility index (Phi) is 5.49. The first-order chi connectivity index (χ1) is 12.7. The second-order valence-corrected chi connectivity index (χ2v) is 8.50. The Balaban J connectivity index is 1.25. The van der Waals surface area contributed by atoms with Crippen molar-refractivity contribution in [2.75, 3.05) is 36.8 Å². The van der Waals surface area contributed by atoms with E-state index < -0.39 is 0 Å². The second-order valence-electron chi connectivity index (χ2n) is 8.50. The SMILES string of the molecule is Nc1ccc(N2CCC(C(=O)C3CCN(C4CCCC4)CC3)CC2)cc1. The summed E-state index contributed by atoms with van der Waals surface area (Å²) in [7, 11) is 0. The molecular formula is C22H33N3O. The highest BCUT2D eigenvalue weighted by Crippen LogP contribution is 2.32. The standard InChI is InChI=1S/C22H33N3O/c23-19-5-7-21(8-6-19)25-15-11-18(12-16-25)22(26)17-9-13-24(14-10-17)20-3-1-2-4-20/h5-8,17-18,20H,1-4,9-16,23H2. The summed E-state index contributed by atoms with van der Waals surface area (Å²) < 4.78 is 0. The smallest absolute Gasteiger partial charge is 0.139 e. The van der Waals surface area contributed by atoms with Crippen LogP contribution in [-0.2, 0) is 4.79 Å². The van der Waals surface area contributed by atoms with Gasteiger partial charge in [0.25, 0.3) is 0 Å². The highest BCUT2D eigenvalue weighted by molar-refractivity contribution is 5.83. The Morgan fingerprint density at radius 2 is 1.35 bits per heavy atom. The molecule has 4 rings (SSSR count). The number of rotatable bonds is 4. The third-order valence-corrected chi connectivity index (χ3v) is 6.93. The predicted octanol–water partition coefficient (Wildman–Crippen LogP) is 3.71. The van der Waals surface area contributed by atoms with Crippen LogP contribution in [0.4, 0.5) is 11.4 Å². The Morgan fingerprint density at radius 1 is 0.808 bits per heavy atom. The Morgan fingerprint density at radius 3 is 1.92 bits per heavy atom. The van der Waals surface area contributed by atoms with Gasteiger partial charge >= 0.3 is 0 Å². The van der Waals surface area contributed by atoms with E-state index >= 15 is 0 Å². The average molecular weight is 356 g/mol. The maximum atomic E-state index is 13.0. The van der Waals surface area contributed by atoms with E-state index in [0.717, 1.165) is 63.6 Å². The molecule has 0 bridgehead atoms. The average Bonchev–Trinajstić information content (AvgIpc) is 3.23. The van der Waals surface area contributed by atoms with Crippen molar-refractivity contribution < 1.29 is 4.79 Å². The summed E-state index contributed by atoms with van der Waals surface area (Å²) in [5.74, 6) is 1.16. The molecule has 2 aliphatic heterocycles. The van der Waals surface area contributed by atoms with Crippen LogP contribution in [-0.4, -0.2) is 42.9 Å². The van der Waals surface area contributed by atoms with E-state index in [1.165, 1.54) is 31.4 Å². The van der Waals surface area contributed by atoms with Gasteiger partial charge in [0.15, 0.2) is 0 Å². The third-order valence-electron chi connectivity index (χ3n) is 6.93. The van der Waals surface area contributed by atoms with Crippen LogP contribution in [0.1, 0.15) is 51.4 Å².